The minimum Gasteiger partial charge on any atom is -0.390 e. The summed E-state index contributed by atoms with van der Waals surface area (Å²) in [6.07, 6.45) is 8.56. The minimum atomic E-state index is -1.76. The van der Waals surface area contributed by atoms with Crippen molar-refractivity contribution in [1.82, 2.24) is 0 Å². The van der Waals surface area contributed by atoms with Crippen molar-refractivity contribution in [1.29, 1.82) is 0 Å². The number of carbonyl (C=O) groups is 1. The van der Waals surface area contributed by atoms with Gasteiger partial charge in [0.2, 0.25) is 0 Å². The first kappa shape index (κ1) is 22.5. The molecule has 0 amide bonds. The average molecular weight is 471 g/mol. The van der Waals surface area contributed by atoms with Crippen LogP contribution >= 0.6 is 23.5 Å². The third-order valence-electron chi connectivity index (χ3n) is 8.67. The van der Waals surface area contributed by atoms with Crippen LogP contribution in [0.5, 0.6) is 0 Å². The molecule has 1 N–H and O–H groups in total. The molecule has 0 heterocycles. The van der Waals surface area contributed by atoms with Crippen LogP contribution < -0.4 is 0 Å². The Kier molecular flexibility index (Phi) is 5.35. The van der Waals surface area contributed by atoms with Gasteiger partial charge in [-0.05, 0) is 76.0 Å². The Bertz CT molecular complexity index is 1060. The molecule has 0 saturated heterocycles. The molecule has 2 fully saturated rings. The van der Waals surface area contributed by atoms with Gasteiger partial charge in [0.15, 0.2) is 11.5 Å². The number of aliphatic hydroxyl groups excluding tert-OH is 1. The number of carbonyl (C=O) groups excluding carboxylic acids is 1. The lowest BCUT2D eigenvalue weighted by molar-refractivity contribution is -0.184. The molecule has 5 rings (SSSR count). The summed E-state index contributed by atoms with van der Waals surface area (Å²) in [5.74, 6) is -0.163. The number of allylic oxidation sites excluding steroid dienone is 6. The van der Waals surface area contributed by atoms with Crippen molar-refractivity contribution in [3.8, 4) is 0 Å². The van der Waals surface area contributed by atoms with Crippen LogP contribution in [0.3, 0.4) is 0 Å². The van der Waals surface area contributed by atoms with Crippen molar-refractivity contribution in [3.05, 3.63) is 63.4 Å². The molecule has 1 aromatic rings. The summed E-state index contributed by atoms with van der Waals surface area (Å²) in [6, 6.07) is 8.58. The molecule has 0 aromatic heterocycles. The van der Waals surface area contributed by atoms with Crippen molar-refractivity contribution in [2.45, 2.75) is 63.1 Å². The van der Waals surface area contributed by atoms with Crippen molar-refractivity contribution in [2.75, 3.05) is 6.26 Å². The predicted octanol–water partition coefficient (Wildman–Crippen LogP) is 6.64. The molecule has 0 bridgehead atoms. The van der Waals surface area contributed by atoms with E-state index in [2.05, 4.69) is 44.4 Å². The molecule has 6 atom stereocenters. The Labute approximate surface area is 198 Å². The molecule has 2 saturated carbocycles. The number of halogens is 1. The van der Waals surface area contributed by atoms with Crippen molar-refractivity contribution >= 4 is 29.3 Å². The van der Waals surface area contributed by atoms with Crippen molar-refractivity contribution < 1.29 is 14.3 Å². The highest BCUT2D eigenvalue weighted by atomic mass is 32.2. The fourth-order valence-corrected chi connectivity index (χ4v) is 9.53. The predicted molar refractivity (Wildman–Crippen MR) is 131 cm³/mol. The minimum absolute atomic E-state index is 0.0707. The van der Waals surface area contributed by atoms with Gasteiger partial charge in [0.25, 0.3) is 0 Å². The maximum Gasteiger partial charge on any atom is 0.178 e. The summed E-state index contributed by atoms with van der Waals surface area (Å²) in [5.41, 5.74) is -0.818. The zero-order valence-corrected chi connectivity index (χ0v) is 20.8. The second-order valence-electron chi connectivity index (χ2n) is 10.3. The Morgan fingerprint density at radius 1 is 1.16 bits per heavy atom. The first-order valence-electron chi connectivity index (χ1n) is 11.5. The highest BCUT2D eigenvalue weighted by Gasteiger charge is 2.69. The van der Waals surface area contributed by atoms with E-state index >= 15 is 4.39 Å². The molecule has 0 aliphatic heterocycles. The van der Waals surface area contributed by atoms with Gasteiger partial charge < -0.3 is 5.11 Å². The Hall–Kier alpha value is -1.30. The van der Waals surface area contributed by atoms with E-state index in [9.17, 15) is 9.90 Å². The van der Waals surface area contributed by atoms with Gasteiger partial charge in [-0.15, -0.1) is 11.8 Å². The highest BCUT2D eigenvalue weighted by Crippen LogP contribution is 2.70. The van der Waals surface area contributed by atoms with E-state index in [-0.39, 0.29) is 23.0 Å². The number of thioether (sulfide) groups is 2. The maximum absolute atomic E-state index is 17.2. The topological polar surface area (TPSA) is 37.3 Å². The average Bonchev–Trinajstić information content (AvgIpc) is 3.02. The quantitative estimate of drug-likeness (QED) is 0.537. The summed E-state index contributed by atoms with van der Waals surface area (Å²) in [7, 11) is 0. The van der Waals surface area contributed by atoms with Gasteiger partial charge in [-0.2, -0.15) is 0 Å². The number of ketones is 1. The molecule has 170 valence electrons. The molecule has 4 aliphatic carbocycles. The first-order valence-corrected chi connectivity index (χ1v) is 13.5. The molecule has 1 aromatic carbocycles. The second kappa shape index (κ2) is 7.61. The SMILES string of the molecule is CSC1=C(Sc2ccc(C)cc2)C[C@H]2[C@@H]3CCC4=CC(=O)C=C[C@]4(C)[C@@]3(F)[C@@H](O)C[C@]12C. The van der Waals surface area contributed by atoms with E-state index in [1.807, 2.05) is 6.92 Å². The molecular weight excluding hydrogens is 439 g/mol. The third-order valence-corrected chi connectivity index (χ3v) is 11.0. The number of benzene rings is 1. The molecule has 2 nitrogen and oxygen atoms in total. The molecule has 0 spiro atoms. The molecule has 0 radical (unpaired) electrons. The van der Waals surface area contributed by atoms with Crippen LogP contribution in [-0.2, 0) is 4.79 Å². The number of aryl methyl sites for hydroxylation is 1. The highest BCUT2D eigenvalue weighted by molar-refractivity contribution is 8.06. The van der Waals surface area contributed by atoms with Crippen LogP contribution in [0, 0.1) is 29.6 Å². The van der Waals surface area contributed by atoms with Crippen LogP contribution in [-0.4, -0.2) is 28.9 Å². The zero-order valence-electron chi connectivity index (χ0n) is 19.2. The third kappa shape index (κ3) is 3.00. The van der Waals surface area contributed by atoms with Gasteiger partial charge in [0.1, 0.15) is 0 Å². The number of aliphatic hydroxyl groups is 1. The summed E-state index contributed by atoms with van der Waals surface area (Å²) in [6.45, 7) is 6.22. The van der Waals surface area contributed by atoms with Gasteiger partial charge in [-0.1, -0.05) is 48.0 Å². The molecular formula is C27H31FO2S2. The fraction of sp³-hybridized carbons (Fsp3) is 0.519. The van der Waals surface area contributed by atoms with E-state index < -0.39 is 17.2 Å². The van der Waals surface area contributed by atoms with E-state index in [0.717, 1.165) is 18.4 Å². The summed E-state index contributed by atoms with van der Waals surface area (Å²) in [4.78, 5) is 15.8. The summed E-state index contributed by atoms with van der Waals surface area (Å²) < 4.78 is 17.2. The van der Waals surface area contributed by atoms with Crippen LogP contribution in [0.2, 0.25) is 0 Å². The number of hydrogen-bond donors (Lipinski definition) is 1. The summed E-state index contributed by atoms with van der Waals surface area (Å²) >= 11 is 3.57. The molecule has 0 unspecified atom stereocenters. The second-order valence-corrected chi connectivity index (χ2v) is 12.3. The van der Waals surface area contributed by atoms with Crippen LogP contribution in [0.15, 0.2) is 62.8 Å². The van der Waals surface area contributed by atoms with Crippen LogP contribution in [0.4, 0.5) is 4.39 Å². The van der Waals surface area contributed by atoms with Crippen molar-refractivity contribution in [3.63, 3.8) is 0 Å². The van der Waals surface area contributed by atoms with E-state index in [4.69, 9.17) is 0 Å². The standard InChI is InChI=1S/C27H31FO2S2/c1-16-5-8-19(9-6-16)32-22-14-21-20-10-7-17-13-18(29)11-12-26(17,3)27(20,28)23(30)15-25(21,2)24(22)31-4/h5-6,8-9,11-13,20-21,23,30H,7,10,14-15H2,1-4H3/t20-,21-,23-,25-,26-,27-/m0/s1. The van der Waals surface area contributed by atoms with Crippen LogP contribution in [0.1, 0.15) is 45.1 Å². The Morgan fingerprint density at radius 2 is 1.88 bits per heavy atom. The Morgan fingerprint density at radius 3 is 2.56 bits per heavy atom. The molecule has 32 heavy (non-hydrogen) atoms. The van der Waals surface area contributed by atoms with Gasteiger partial charge >= 0.3 is 0 Å². The number of rotatable bonds is 3. The number of hydrogen-bond acceptors (Lipinski definition) is 4. The lowest BCUT2D eigenvalue weighted by Gasteiger charge is -2.61. The van der Waals surface area contributed by atoms with E-state index in [0.29, 0.717) is 12.8 Å². The normalized spacial score (nSPS) is 40.6. The number of alkyl halides is 1. The smallest absolute Gasteiger partial charge is 0.178 e. The Balaban J connectivity index is 1.54. The lowest BCUT2D eigenvalue weighted by Crippen LogP contribution is -2.66. The fourth-order valence-electron chi connectivity index (χ4n) is 6.99. The van der Waals surface area contributed by atoms with Gasteiger partial charge in [-0.3, -0.25) is 4.79 Å². The van der Waals surface area contributed by atoms with Crippen molar-refractivity contribution in [2.24, 2.45) is 22.7 Å². The van der Waals surface area contributed by atoms with Gasteiger partial charge in [0.05, 0.1) is 6.10 Å². The first-order chi connectivity index (χ1) is 15.1. The maximum atomic E-state index is 17.2. The molecule has 5 heteroatoms. The zero-order chi connectivity index (χ0) is 22.9. The summed E-state index contributed by atoms with van der Waals surface area (Å²) in [5, 5.41) is 11.4. The lowest BCUT2D eigenvalue weighted by atomic mass is 9.46. The van der Waals surface area contributed by atoms with E-state index in [1.165, 1.54) is 26.3 Å². The number of fused-ring (bicyclic) bond motifs is 5. The van der Waals surface area contributed by atoms with Gasteiger partial charge in [0, 0.05) is 31.5 Å². The molecule has 4 aliphatic rings. The van der Waals surface area contributed by atoms with Crippen LogP contribution in [0.25, 0.3) is 0 Å². The van der Waals surface area contributed by atoms with E-state index in [1.54, 1.807) is 35.7 Å². The monoisotopic (exact) mass is 470 g/mol. The van der Waals surface area contributed by atoms with Gasteiger partial charge in [-0.25, -0.2) is 4.39 Å². The largest absolute Gasteiger partial charge is 0.390 e.